The average Bonchev–Trinajstić information content (AvgIpc) is 2.81. The second kappa shape index (κ2) is 5.10. The Kier molecular flexibility index (Phi) is 3.83. The zero-order valence-corrected chi connectivity index (χ0v) is 13.2. The highest BCUT2D eigenvalue weighted by Gasteiger charge is 2.15. The maximum Gasteiger partial charge on any atom is 0.0616 e. The van der Waals surface area contributed by atoms with E-state index in [1.165, 1.54) is 17.1 Å². The highest BCUT2D eigenvalue weighted by molar-refractivity contribution is 7.99. The molecule has 0 saturated carbocycles. The van der Waals surface area contributed by atoms with Crippen LogP contribution in [0.2, 0.25) is 0 Å². The molecule has 0 N–H and O–H groups in total. The lowest BCUT2D eigenvalue weighted by atomic mass is 9.86. The van der Waals surface area contributed by atoms with E-state index in [1.54, 1.807) is 6.20 Å². The summed E-state index contributed by atoms with van der Waals surface area (Å²) < 4.78 is 16.6. The molecule has 0 aliphatic carbocycles. The van der Waals surface area contributed by atoms with Gasteiger partial charge in [0.15, 0.2) is 0 Å². The predicted molar refractivity (Wildman–Crippen MR) is 84.5 cm³/mol. The largest absolute Gasteiger partial charge is 0.263 e. The molecule has 1 atom stereocenters. The Balaban J connectivity index is 2.30. The van der Waals surface area contributed by atoms with Crippen molar-refractivity contribution in [1.29, 1.82) is 0 Å². The van der Waals surface area contributed by atoms with E-state index in [-0.39, 0.29) is 5.41 Å². The molecule has 0 amide bonds. The Hall–Kier alpha value is -1.13. The molecule has 1 aromatic heterocycles. The van der Waals surface area contributed by atoms with Crippen LogP contribution >= 0.6 is 11.5 Å². The third-order valence-electron chi connectivity index (χ3n) is 3.03. The molecular formula is C15H19NOS2. The summed E-state index contributed by atoms with van der Waals surface area (Å²) in [6, 6.07) is 8.28. The highest BCUT2D eigenvalue weighted by atomic mass is 32.2. The van der Waals surface area contributed by atoms with Crippen molar-refractivity contribution in [2.45, 2.75) is 36.8 Å². The third-order valence-corrected chi connectivity index (χ3v) is 5.65. The summed E-state index contributed by atoms with van der Waals surface area (Å²) in [5.74, 6) is 4.36. The van der Waals surface area contributed by atoms with Gasteiger partial charge in [-0.3, -0.25) is 4.21 Å². The van der Waals surface area contributed by atoms with Crippen molar-refractivity contribution in [3.63, 3.8) is 0 Å². The number of rotatable bonds is 3. The summed E-state index contributed by atoms with van der Waals surface area (Å²) >= 11 is 1.32. The zero-order chi connectivity index (χ0) is 14.1. The number of nitrogens with zero attached hydrogens (tertiary/aromatic N) is 1. The number of aromatic nitrogens is 1. The average molecular weight is 293 g/mol. The Morgan fingerprint density at radius 1 is 1.37 bits per heavy atom. The van der Waals surface area contributed by atoms with Gasteiger partial charge < -0.3 is 0 Å². The van der Waals surface area contributed by atoms with Crippen molar-refractivity contribution in [2.75, 3.05) is 0 Å². The first-order valence-corrected chi connectivity index (χ1v) is 8.86. The van der Waals surface area contributed by atoms with E-state index in [9.17, 15) is 4.21 Å². The molecule has 102 valence electrons. The lowest BCUT2D eigenvalue weighted by Crippen LogP contribution is -2.12. The summed E-state index contributed by atoms with van der Waals surface area (Å²) in [7, 11) is -2.28. The SMILES string of the molecule is C=S(=O)(Cc1cccc(C(C)(C)C)c1)c1cnsc1. The maximum atomic E-state index is 12.6. The van der Waals surface area contributed by atoms with Gasteiger partial charge in [-0.15, -0.1) is 0 Å². The van der Waals surface area contributed by atoms with Crippen LogP contribution in [0.25, 0.3) is 0 Å². The molecule has 1 aromatic carbocycles. The van der Waals surface area contributed by atoms with Gasteiger partial charge in [0.1, 0.15) is 0 Å². The van der Waals surface area contributed by atoms with Gasteiger partial charge >= 0.3 is 0 Å². The Morgan fingerprint density at radius 3 is 2.68 bits per heavy atom. The van der Waals surface area contributed by atoms with E-state index in [0.29, 0.717) is 5.75 Å². The lowest BCUT2D eigenvalue weighted by Gasteiger charge is -2.20. The van der Waals surface area contributed by atoms with Crippen molar-refractivity contribution < 1.29 is 4.21 Å². The van der Waals surface area contributed by atoms with E-state index in [4.69, 9.17) is 0 Å². The minimum Gasteiger partial charge on any atom is -0.263 e. The van der Waals surface area contributed by atoms with E-state index >= 15 is 0 Å². The quantitative estimate of drug-likeness (QED) is 0.807. The smallest absolute Gasteiger partial charge is 0.0616 e. The number of hydrogen-bond donors (Lipinski definition) is 0. The van der Waals surface area contributed by atoms with Gasteiger partial charge in [0.2, 0.25) is 0 Å². The molecular weight excluding hydrogens is 274 g/mol. The second-order valence-corrected chi connectivity index (χ2v) is 8.81. The minimum atomic E-state index is -2.28. The second-order valence-electron chi connectivity index (χ2n) is 5.77. The number of hydrogen-bond acceptors (Lipinski definition) is 3. The molecule has 4 heteroatoms. The molecule has 2 aromatic rings. The van der Waals surface area contributed by atoms with Gasteiger partial charge in [0.05, 0.1) is 11.1 Å². The molecule has 19 heavy (non-hydrogen) atoms. The van der Waals surface area contributed by atoms with Crippen molar-refractivity contribution in [2.24, 2.45) is 0 Å². The van der Waals surface area contributed by atoms with Crippen LogP contribution in [0, 0.1) is 0 Å². The molecule has 0 aliphatic heterocycles. The highest BCUT2D eigenvalue weighted by Crippen LogP contribution is 2.24. The van der Waals surface area contributed by atoms with Crippen molar-refractivity contribution in [3.8, 4) is 0 Å². The molecule has 2 rings (SSSR count). The van der Waals surface area contributed by atoms with Gasteiger partial charge in [-0.25, -0.2) is 0 Å². The van der Waals surface area contributed by atoms with E-state index in [0.717, 1.165) is 10.5 Å². The van der Waals surface area contributed by atoms with Gasteiger partial charge in [-0.1, -0.05) is 45.0 Å². The fraction of sp³-hybridized carbons (Fsp3) is 0.333. The first-order valence-electron chi connectivity index (χ1n) is 6.13. The van der Waals surface area contributed by atoms with Crippen LogP contribution in [-0.2, 0) is 20.7 Å². The standard InChI is InChI=1S/C15H19NOS2/c1-15(2,3)13-7-5-6-12(8-13)11-19(4,17)14-9-16-18-10-14/h5-10H,4,11H2,1-3H3. The number of benzene rings is 1. The Morgan fingerprint density at radius 2 is 2.11 bits per heavy atom. The van der Waals surface area contributed by atoms with Crippen LogP contribution in [0.1, 0.15) is 31.9 Å². The van der Waals surface area contributed by atoms with Crippen LogP contribution < -0.4 is 0 Å². The monoisotopic (exact) mass is 293 g/mol. The van der Waals surface area contributed by atoms with Crippen molar-refractivity contribution in [3.05, 3.63) is 47.0 Å². The Labute approximate surface area is 119 Å². The zero-order valence-electron chi connectivity index (χ0n) is 11.6. The van der Waals surface area contributed by atoms with Gasteiger partial charge in [-0.05, 0) is 33.9 Å². The predicted octanol–water partition coefficient (Wildman–Crippen LogP) is 3.72. The van der Waals surface area contributed by atoms with Gasteiger partial charge in [0.25, 0.3) is 0 Å². The molecule has 1 unspecified atom stereocenters. The van der Waals surface area contributed by atoms with Crippen LogP contribution in [0.3, 0.4) is 0 Å². The molecule has 0 fully saturated rings. The molecule has 0 radical (unpaired) electrons. The fourth-order valence-electron chi connectivity index (χ4n) is 1.86. The van der Waals surface area contributed by atoms with E-state index in [2.05, 4.69) is 43.1 Å². The summed E-state index contributed by atoms with van der Waals surface area (Å²) in [5.41, 5.74) is 2.42. The van der Waals surface area contributed by atoms with Gasteiger partial charge in [-0.2, -0.15) is 4.37 Å². The van der Waals surface area contributed by atoms with Crippen LogP contribution in [0.5, 0.6) is 0 Å². The van der Waals surface area contributed by atoms with E-state index in [1.807, 2.05) is 17.5 Å². The Bertz CT molecular complexity index is 650. The molecule has 1 heterocycles. The topological polar surface area (TPSA) is 30.0 Å². The van der Waals surface area contributed by atoms with Crippen LogP contribution in [0.15, 0.2) is 40.7 Å². The van der Waals surface area contributed by atoms with Crippen LogP contribution in [-0.4, -0.2) is 14.5 Å². The van der Waals surface area contributed by atoms with Crippen molar-refractivity contribution >= 4 is 26.9 Å². The summed E-state index contributed by atoms with van der Waals surface area (Å²) in [6.07, 6.45) is 1.66. The minimum absolute atomic E-state index is 0.0992. The lowest BCUT2D eigenvalue weighted by molar-refractivity contribution is 0.589. The summed E-state index contributed by atoms with van der Waals surface area (Å²) in [4.78, 5) is 0.749. The third kappa shape index (κ3) is 3.45. The summed E-state index contributed by atoms with van der Waals surface area (Å²) in [5, 5.41) is 1.82. The first-order chi connectivity index (χ1) is 8.79. The van der Waals surface area contributed by atoms with Gasteiger partial charge in [0, 0.05) is 20.7 Å². The molecule has 0 saturated heterocycles. The fourth-order valence-corrected chi connectivity index (χ4v) is 4.29. The normalized spacial score (nSPS) is 15.1. The van der Waals surface area contributed by atoms with Crippen LogP contribution in [0.4, 0.5) is 0 Å². The first kappa shape index (κ1) is 14.3. The van der Waals surface area contributed by atoms with Crippen molar-refractivity contribution in [1.82, 2.24) is 4.37 Å². The van der Waals surface area contributed by atoms with E-state index < -0.39 is 9.52 Å². The maximum absolute atomic E-state index is 12.6. The molecule has 0 spiro atoms. The molecule has 2 nitrogen and oxygen atoms in total. The summed E-state index contributed by atoms with van der Waals surface area (Å²) in [6.45, 7) is 6.53. The molecule has 0 aliphatic rings. The molecule has 0 bridgehead atoms.